The molecule has 2 N–H and O–H groups in total. The number of hydrogen-bond acceptors (Lipinski definition) is 5. The molecule has 1 aliphatic heterocycles. The number of likely N-dealkylation sites (N-methyl/N-ethyl adjacent to an activating group) is 1. The van der Waals surface area contributed by atoms with Gasteiger partial charge in [-0.1, -0.05) is 18.0 Å². The molecular weight excluding hydrogens is 290 g/mol. The fraction of sp³-hybridized carbons (Fsp3) is 0.714. The van der Waals surface area contributed by atoms with E-state index in [9.17, 15) is 4.79 Å². The normalized spacial score (nSPS) is 19.0. The van der Waals surface area contributed by atoms with Crippen molar-refractivity contribution in [3.05, 3.63) is 21.6 Å². The summed E-state index contributed by atoms with van der Waals surface area (Å²) in [4.78, 5) is 14.2. The second-order valence-electron chi connectivity index (χ2n) is 5.73. The molecule has 0 spiro atoms. The lowest BCUT2D eigenvalue weighted by Crippen LogP contribution is -2.39. The molecule has 1 aromatic heterocycles. The molecule has 6 nitrogen and oxygen atoms in total. The van der Waals surface area contributed by atoms with Crippen LogP contribution in [0.25, 0.3) is 0 Å². The first-order valence-electron chi connectivity index (χ1n) is 7.45. The standard InChI is InChI=1S/C14H24ClN5O/c1-19(2)7-8-20-14(21)13(15)12(10-18-20)17-9-11-5-3-4-6-16-11/h10-11,16-17H,3-9H2,1-2H3. The topological polar surface area (TPSA) is 62.2 Å². The van der Waals surface area contributed by atoms with Gasteiger partial charge < -0.3 is 15.5 Å². The van der Waals surface area contributed by atoms with Gasteiger partial charge in [-0.15, -0.1) is 0 Å². The Balaban J connectivity index is 1.97. The van der Waals surface area contributed by atoms with Crippen LogP contribution < -0.4 is 16.2 Å². The monoisotopic (exact) mass is 313 g/mol. The molecule has 21 heavy (non-hydrogen) atoms. The molecule has 0 aromatic carbocycles. The summed E-state index contributed by atoms with van der Waals surface area (Å²) in [5, 5.41) is 11.1. The fourth-order valence-electron chi connectivity index (χ4n) is 2.37. The van der Waals surface area contributed by atoms with Crippen molar-refractivity contribution in [1.82, 2.24) is 20.0 Å². The van der Waals surface area contributed by atoms with E-state index in [1.54, 1.807) is 6.20 Å². The van der Waals surface area contributed by atoms with Crippen LogP contribution in [0.5, 0.6) is 0 Å². The van der Waals surface area contributed by atoms with E-state index in [1.807, 2.05) is 19.0 Å². The molecule has 0 amide bonds. The number of nitrogens with one attached hydrogen (secondary N) is 2. The van der Waals surface area contributed by atoms with Crippen LogP contribution in [0.1, 0.15) is 19.3 Å². The first-order chi connectivity index (χ1) is 10.1. The first kappa shape index (κ1) is 16.3. The summed E-state index contributed by atoms with van der Waals surface area (Å²) < 4.78 is 1.41. The number of nitrogens with zero attached hydrogens (tertiary/aromatic N) is 3. The second kappa shape index (κ2) is 7.77. The Bertz CT molecular complexity index is 511. The quantitative estimate of drug-likeness (QED) is 0.821. The Labute approximate surface area is 130 Å². The highest BCUT2D eigenvalue weighted by Crippen LogP contribution is 2.16. The summed E-state index contributed by atoms with van der Waals surface area (Å²) in [6, 6.07) is 0.436. The molecular formula is C14H24ClN5O. The SMILES string of the molecule is CN(C)CCn1ncc(NCC2CCCCN2)c(Cl)c1=O. The number of anilines is 1. The van der Waals surface area contributed by atoms with Crippen LogP contribution in [-0.2, 0) is 6.54 Å². The third-order valence-electron chi connectivity index (χ3n) is 3.70. The van der Waals surface area contributed by atoms with E-state index in [-0.39, 0.29) is 10.6 Å². The lowest BCUT2D eigenvalue weighted by Gasteiger charge is -2.24. The van der Waals surface area contributed by atoms with Gasteiger partial charge in [0.05, 0.1) is 18.4 Å². The Morgan fingerprint density at radius 3 is 3.00 bits per heavy atom. The Morgan fingerprint density at radius 1 is 1.52 bits per heavy atom. The van der Waals surface area contributed by atoms with Gasteiger partial charge in [-0.05, 0) is 33.5 Å². The van der Waals surface area contributed by atoms with Crippen molar-refractivity contribution in [3.8, 4) is 0 Å². The van der Waals surface area contributed by atoms with Gasteiger partial charge in [-0.25, -0.2) is 4.68 Å². The molecule has 0 saturated carbocycles. The molecule has 2 rings (SSSR count). The number of rotatable bonds is 6. The van der Waals surface area contributed by atoms with E-state index < -0.39 is 0 Å². The van der Waals surface area contributed by atoms with E-state index in [4.69, 9.17) is 11.6 Å². The lowest BCUT2D eigenvalue weighted by atomic mass is 10.1. The van der Waals surface area contributed by atoms with Crippen LogP contribution in [0.2, 0.25) is 5.02 Å². The highest BCUT2D eigenvalue weighted by molar-refractivity contribution is 6.32. The van der Waals surface area contributed by atoms with Crippen molar-refractivity contribution in [2.45, 2.75) is 31.8 Å². The van der Waals surface area contributed by atoms with E-state index in [1.165, 1.54) is 17.5 Å². The van der Waals surface area contributed by atoms with Crippen LogP contribution in [0, 0.1) is 0 Å². The molecule has 1 saturated heterocycles. The van der Waals surface area contributed by atoms with E-state index in [2.05, 4.69) is 15.7 Å². The van der Waals surface area contributed by atoms with Crippen molar-refractivity contribution < 1.29 is 0 Å². The molecule has 0 radical (unpaired) electrons. The van der Waals surface area contributed by atoms with Crippen LogP contribution in [0.3, 0.4) is 0 Å². The van der Waals surface area contributed by atoms with Crippen LogP contribution >= 0.6 is 11.6 Å². The maximum atomic E-state index is 12.1. The maximum Gasteiger partial charge on any atom is 0.287 e. The highest BCUT2D eigenvalue weighted by atomic mass is 35.5. The molecule has 2 heterocycles. The fourth-order valence-corrected chi connectivity index (χ4v) is 2.59. The molecule has 1 aliphatic rings. The van der Waals surface area contributed by atoms with E-state index >= 15 is 0 Å². The summed E-state index contributed by atoms with van der Waals surface area (Å²) >= 11 is 6.16. The smallest absolute Gasteiger partial charge is 0.287 e. The largest absolute Gasteiger partial charge is 0.381 e. The van der Waals surface area contributed by atoms with Crippen molar-refractivity contribution in [2.75, 3.05) is 39.0 Å². The average Bonchev–Trinajstić information content (AvgIpc) is 2.48. The minimum atomic E-state index is -0.236. The van der Waals surface area contributed by atoms with Crippen molar-refractivity contribution in [2.24, 2.45) is 0 Å². The van der Waals surface area contributed by atoms with Crippen LogP contribution in [0.4, 0.5) is 5.69 Å². The third-order valence-corrected chi connectivity index (χ3v) is 4.06. The molecule has 1 aromatic rings. The van der Waals surface area contributed by atoms with Gasteiger partial charge in [0.25, 0.3) is 5.56 Å². The minimum absolute atomic E-state index is 0.222. The minimum Gasteiger partial charge on any atom is -0.381 e. The zero-order chi connectivity index (χ0) is 15.2. The second-order valence-corrected chi connectivity index (χ2v) is 6.11. The number of hydrogen-bond donors (Lipinski definition) is 2. The van der Waals surface area contributed by atoms with Crippen molar-refractivity contribution in [1.29, 1.82) is 0 Å². The Hall–Kier alpha value is -1.11. The number of piperidine rings is 1. The number of halogens is 1. The summed E-state index contributed by atoms with van der Waals surface area (Å²) in [6.45, 7) is 3.12. The molecule has 118 valence electrons. The highest BCUT2D eigenvalue weighted by Gasteiger charge is 2.14. The summed E-state index contributed by atoms with van der Waals surface area (Å²) in [6.07, 6.45) is 5.28. The van der Waals surface area contributed by atoms with Gasteiger partial charge in [0.1, 0.15) is 5.02 Å². The molecule has 7 heteroatoms. The number of aromatic nitrogens is 2. The Kier molecular flexibility index (Phi) is 6.02. The predicted octanol–water partition coefficient (Wildman–Crippen LogP) is 1.01. The van der Waals surface area contributed by atoms with Gasteiger partial charge in [0.2, 0.25) is 0 Å². The zero-order valence-corrected chi connectivity index (χ0v) is 13.5. The van der Waals surface area contributed by atoms with Gasteiger partial charge in [0, 0.05) is 19.1 Å². The van der Waals surface area contributed by atoms with Gasteiger partial charge >= 0.3 is 0 Å². The average molecular weight is 314 g/mol. The van der Waals surface area contributed by atoms with Gasteiger partial charge in [0.15, 0.2) is 0 Å². The van der Waals surface area contributed by atoms with Crippen LogP contribution in [0.15, 0.2) is 11.0 Å². The van der Waals surface area contributed by atoms with Crippen molar-refractivity contribution in [3.63, 3.8) is 0 Å². The zero-order valence-electron chi connectivity index (χ0n) is 12.7. The predicted molar refractivity (Wildman–Crippen MR) is 86.2 cm³/mol. The van der Waals surface area contributed by atoms with Crippen molar-refractivity contribution >= 4 is 17.3 Å². The van der Waals surface area contributed by atoms with E-state index in [0.29, 0.717) is 18.3 Å². The van der Waals surface area contributed by atoms with Gasteiger partial charge in [-0.3, -0.25) is 4.79 Å². The summed E-state index contributed by atoms with van der Waals surface area (Å²) in [5.74, 6) is 0. The lowest BCUT2D eigenvalue weighted by molar-refractivity contribution is 0.367. The first-order valence-corrected chi connectivity index (χ1v) is 7.83. The van der Waals surface area contributed by atoms with Crippen LogP contribution in [-0.4, -0.2) is 54.5 Å². The summed E-state index contributed by atoms with van der Waals surface area (Å²) in [5.41, 5.74) is 0.385. The Morgan fingerprint density at radius 2 is 2.33 bits per heavy atom. The molecule has 1 fully saturated rings. The van der Waals surface area contributed by atoms with E-state index in [0.717, 1.165) is 26.1 Å². The molecule has 0 bridgehead atoms. The maximum absolute atomic E-state index is 12.1. The molecule has 1 unspecified atom stereocenters. The third kappa shape index (κ3) is 4.69. The molecule has 0 aliphatic carbocycles. The molecule has 1 atom stereocenters. The summed E-state index contributed by atoms with van der Waals surface area (Å²) in [7, 11) is 3.92. The van der Waals surface area contributed by atoms with Gasteiger partial charge in [-0.2, -0.15) is 5.10 Å².